The maximum absolute atomic E-state index is 13.2. The van der Waals surface area contributed by atoms with Crippen molar-refractivity contribution in [3.05, 3.63) is 86.2 Å². The van der Waals surface area contributed by atoms with Crippen LogP contribution in [0.5, 0.6) is 11.5 Å². The van der Waals surface area contributed by atoms with Crippen LogP contribution in [0.1, 0.15) is 16.7 Å². The smallest absolute Gasteiger partial charge is 0.270 e. The third-order valence-corrected chi connectivity index (χ3v) is 7.50. The van der Waals surface area contributed by atoms with E-state index in [9.17, 15) is 9.59 Å². The topological polar surface area (TPSA) is 67.9 Å². The van der Waals surface area contributed by atoms with E-state index in [0.717, 1.165) is 16.8 Å². The van der Waals surface area contributed by atoms with Crippen molar-refractivity contribution in [2.24, 2.45) is 0 Å². The maximum atomic E-state index is 13.2. The Kier molecular flexibility index (Phi) is 8.44. The molecule has 0 aromatic heterocycles. The number of thioether (sulfide) groups is 1. The molecule has 0 saturated carbocycles. The van der Waals surface area contributed by atoms with Crippen LogP contribution in [0, 0.1) is 13.8 Å². The number of nitrogens with zero attached hydrogens (tertiary/aromatic N) is 1. The normalized spacial score (nSPS) is 14.3. The molecule has 190 valence electrons. The van der Waals surface area contributed by atoms with Crippen LogP contribution in [0.2, 0.25) is 10.0 Å². The summed E-state index contributed by atoms with van der Waals surface area (Å²) in [5, 5.41) is 3.32. The molecular formula is C27H22Cl2N2O4S2. The van der Waals surface area contributed by atoms with Gasteiger partial charge in [0, 0.05) is 0 Å². The molecule has 3 aromatic carbocycles. The highest BCUT2D eigenvalue weighted by Crippen LogP contribution is 2.40. The fourth-order valence-corrected chi connectivity index (χ4v) is 5.31. The number of nitrogens with one attached hydrogen (secondary N) is 1. The van der Waals surface area contributed by atoms with E-state index >= 15 is 0 Å². The number of rotatable bonds is 7. The van der Waals surface area contributed by atoms with Gasteiger partial charge in [-0.25, -0.2) is 0 Å². The lowest BCUT2D eigenvalue weighted by Gasteiger charge is -2.16. The monoisotopic (exact) mass is 572 g/mol. The van der Waals surface area contributed by atoms with E-state index in [1.165, 1.54) is 23.8 Å². The first-order valence-corrected chi connectivity index (χ1v) is 13.1. The summed E-state index contributed by atoms with van der Waals surface area (Å²) < 4.78 is 11.5. The third kappa shape index (κ3) is 6.10. The maximum Gasteiger partial charge on any atom is 0.270 e. The molecular weight excluding hydrogens is 551 g/mol. The van der Waals surface area contributed by atoms with Crippen molar-refractivity contribution in [2.45, 2.75) is 13.8 Å². The molecule has 1 saturated heterocycles. The molecule has 37 heavy (non-hydrogen) atoms. The lowest BCUT2D eigenvalue weighted by molar-refractivity contribution is -0.118. The van der Waals surface area contributed by atoms with Crippen LogP contribution in [0.25, 0.3) is 6.08 Å². The molecule has 2 amide bonds. The van der Waals surface area contributed by atoms with Gasteiger partial charge in [0.25, 0.3) is 11.8 Å². The van der Waals surface area contributed by atoms with Crippen LogP contribution in [0.15, 0.2) is 59.5 Å². The van der Waals surface area contributed by atoms with E-state index in [4.69, 9.17) is 44.9 Å². The van der Waals surface area contributed by atoms with Gasteiger partial charge in [-0.1, -0.05) is 65.4 Å². The Morgan fingerprint density at radius 3 is 2.54 bits per heavy atom. The number of carbonyl (C=O) groups is 2. The van der Waals surface area contributed by atoms with Gasteiger partial charge in [-0.15, -0.1) is 0 Å². The number of benzene rings is 3. The van der Waals surface area contributed by atoms with Gasteiger partial charge in [0.05, 0.1) is 33.4 Å². The van der Waals surface area contributed by atoms with Gasteiger partial charge >= 0.3 is 0 Å². The van der Waals surface area contributed by atoms with Crippen molar-refractivity contribution in [3.8, 4) is 11.5 Å². The molecule has 1 N–H and O–H groups in total. The fraction of sp³-hybridized carbons (Fsp3) is 0.148. The molecule has 10 heteroatoms. The molecule has 0 unspecified atom stereocenters. The second-order valence-corrected chi connectivity index (χ2v) is 10.6. The summed E-state index contributed by atoms with van der Waals surface area (Å²) in [5.74, 6) is -0.109. The quantitative estimate of drug-likeness (QED) is 0.242. The minimum atomic E-state index is -0.412. The molecule has 1 fully saturated rings. The number of carbonyl (C=O) groups excluding carboxylic acids is 2. The highest BCUT2D eigenvalue weighted by Gasteiger charge is 2.33. The first kappa shape index (κ1) is 27.0. The molecule has 0 spiro atoms. The summed E-state index contributed by atoms with van der Waals surface area (Å²) in [6.07, 6.45) is 1.70. The zero-order valence-corrected chi connectivity index (χ0v) is 23.3. The summed E-state index contributed by atoms with van der Waals surface area (Å²) in [6.45, 7) is 3.69. The Morgan fingerprint density at radius 1 is 1.08 bits per heavy atom. The molecule has 0 bridgehead atoms. The van der Waals surface area contributed by atoms with Gasteiger partial charge < -0.3 is 14.8 Å². The molecule has 1 heterocycles. The fourth-order valence-electron chi connectivity index (χ4n) is 3.56. The highest BCUT2D eigenvalue weighted by molar-refractivity contribution is 8.27. The number of aryl methyl sites for hydroxylation is 2. The molecule has 3 aromatic rings. The molecule has 0 aliphatic carbocycles. The van der Waals surface area contributed by atoms with Crippen LogP contribution in [-0.4, -0.2) is 29.9 Å². The van der Waals surface area contributed by atoms with Crippen LogP contribution in [0.4, 0.5) is 11.4 Å². The Morgan fingerprint density at radius 2 is 1.84 bits per heavy atom. The minimum Gasteiger partial charge on any atom is -0.493 e. The number of thiocarbonyl (C=S) groups is 1. The van der Waals surface area contributed by atoms with Crippen molar-refractivity contribution >= 4 is 80.8 Å². The van der Waals surface area contributed by atoms with E-state index in [-0.39, 0.29) is 23.3 Å². The van der Waals surface area contributed by atoms with Gasteiger partial charge in [0.15, 0.2) is 22.4 Å². The molecule has 4 rings (SSSR count). The first-order valence-electron chi connectivity index (χ1n) is 11.1. The molecule has 6 nitrogen and oxygen atoms in total. The second-order valence-electron chi connectivity index (χ2n) is 8.14. The number of amides is 2. The van der Waals surface area contributed by atoms with Crippen molar-refractivity contribution in [3.63, 3.8) is 0 Å². The Bertz CT molecular complexity index is 1440. The first-order chi connectivity index (χ1) is 17.7. The number of hydrogen-bond donors (Lipinski definition) is 1. The van der Waals surface area contributed by atoms with Gasteiger partial charge in [0.1, 0.15) is 0 Å². The van der Waals surface area contributed by atoms with E-state index in [2.05, 4.69) is 5.32 Å². The number of para-hydroxylation sites is 1. The summed E-state index contributed by atoms with van der Waals surface area (Å²) in [5.41, 5.74) is 4.03. The van der Waals surface area contributed by atoms with Crippen LogP contribution in [-0.2, 0) is 9.59 Å². The number of anilines is 2. The van der Waals surface area contributed by atoms with Crippen molar-refractivity contribution in [2.75, 3.05) is 23.9 Å². The number of methoxy groups -OCH3 is 1. The highest BCUT2D eigenvalue weighted by atomic mass is 35.5. The molecule has 0 radical (unpaired) electrons. The van der Waals surface area contributed by atoms with Crippen molar-refractivity contribution in [1.29, 1.82) is 0 Å². The van der Waals surface area contributed by atoms with E-state index < -0.39 is 5.91 Å². The van der Waals surface area contributed by atoms with Gasteiger partial charge in [-0.05, 0) is 73.0 Å². The SMILES string of the molecule is COc1cc(/C=C2\SC(=S)N(c3ccc(C)c(C)c3)C2=O)cc(Cl)c1OCC(=O)Nc1ccccc1Cl. The van der Waals surface area contributed by atoms with Crippen LogP contribution in [0.3, 0.4) is 0 Å². The van der Waals surface area contributed by atoms with Crippen molar-refractivity contribution in [1.82, 2.24) is 0 Å². The number of ether oxygens (including phenoxy) is 2. The van der Waals surface area contributed by atoms with Crippen LogP contribution < -0.4 is 19.7 Å². The summed E-state index contributed by atoms with van der Waals surface area (Å²) >= 11 is 19.3. The number of hydrogen-bond acceptors (Lipinski definition) is 6. The summed E-state index contributed by atoms with van der Waals surface area (Å²) in [7, 11) is 1.46. The largest absolute Gasteiger partial charge is 0.493 e. The second kappa shape index (κ2) is 11.6. The third-order valence-electron chi connectivity index (χ3n) is 5.59. The minimum absolute atomic E-state index is 0.207. The number of halogens is 2. The zero-order valence-electron chi connectivity index (χ0n) is 20.1. The van der Waals surface area contributed by atoms with E-state index in [1.807, 2.05) is 32.0 Å². The van der Waals surface area contributed by atoms with Crippen molar-refractivity contribution < 1.29 is 19.1 Å². The average molecular weight is 574 g/mol. The Hall–Kier alpha value is -3.04. The molecule has 1 aliphatic rings. The van der Waals surface area contributed by atoms with Crippen LogP contribution >= 0.6 is 47.2 Å². The standard InChI is InChI=1S/C27H22Cl2N2O4S2/c1-15-8-9-18(10-16(15)2)31-26(33)23(37-27(31)36)13-17-11-20(29)25(22(12-17)34-3)35-14-24(32)30-21-7-5-4-6-19(21)28/h4-13H,14H2,1-3H3,(H,30,32)/b23-13-. The van der Waals surface area contributed by atoms with Gasteiger partial charge in [0.2, 0.25) is 0 Å². The predicted octanol–water partition coefficient (Wildman–Crippen LogP) is 7.04. The lowest BCUT2D eigenvalue weighted by Crippen LogP contribution is -2.27. The van der Waals surface area contributed by atoms with Gasteiger partial charge in [-0.2, -0.15) is 0 Å². The average Bonchev–Trinajstić information content (AvgIpc) is 3.13. The molecule has 1 aliphatic heterocycles. The predicted molar refractivity (Wildman–Crippen MR) is 155 cm³/mol. The van der Waals surface area contributed by atoms with E-state index in [0.29, 0.717) is 31.2 Å². The van der Waals surface area contributed by atoms with E-state index in [1.54, 1.807) is 42.5 Å². The Labute approximate surface area is 234 Å². The summed E-state index contributed by atoms with van der Waals surface area (Å²) in [4.78, 5) is 27.5. The van der Waals surface area contributed by atoms with Gasteiger partial charge in [-0.3, -0.25) is 14.5 Å². The lowest BCUT2D eigenvalue weighted by atomic mass is 10.1. The Balaban J connectivity index is 1.51. The molecule has 0 atom stereocenters. The zero-order chi connectivity index (χ0) is 26.7. The summed E-state index contributed by atoms with van der Waals surface area (Å²) in [6, 6.07) is 16.0.